The first-order valence-corrected chi connectivity index (χ1v) is 8.02. The lowest BCUT2D eigenvalue weighted by atomic mass is 9.99. The first kappa shape index (κ1) is 17.1. The topological polar surface area (TPSA) is 42.2 Å². The Morgan fingerprint density at radius 2 is 1.74 bits per heavy atom. The molecule has 0 saturated heterocycles. The van der Waals surface area contributed by atoms with Gasteiger partial charge in [-0.2, -0.15) is 5.26 Å². The van der Waals surface area contributed by atoms with E-state index in [1.807, 2.05) is 42.5 Å². The summed E-state index contributed by atoms with van der Waals surface area (Å²) in [5.41, 5.74) is 2.35. The molecule has 0 aromatic heterocycles. The van der Waals surface area contributed by atoms with E-state index in [2.05, 4.69) is 32.0 Å². The van der Waals surface area contributed by atoms with Crippen molar-refractivity contribution in [1.82, 2.24) is 0 Å². The summed E-state index contributed by atoms with van der Waals surface area (Å²) in [7, 11) is 0. The van der Waals surface area contributed by atoms with Gasteiger partial charge in [-0.15, -0.1) is 0 Å². The van der Waals surface area contributed by atoms with Gasteiger partial charge in [-0.1, -0.05) is 56.3 Å². The molecule has 2 atom stereocenters. The van der Waals surface area contributed by atoms with Crippen molar-refractivity contribution in [3.63, 3.8) is 0 Å². The van der Waals surface area contributed by atoms with Crippen molar-refractivity contribution in [3.8, 4) is 11.8 Å². The van der Waals surface area contributed by atoms with Crippen molar-refractivity contribution in [1.29, 1.82) is 5.26 Å². The average molecular weight is 309 g/mol. The van der Waals surface area contributed by atoms with Crippen molar-refractivity contribution in [2.45, 2.75) is 45.5 Å². The lowest BCUT2D eigenvalue weighted by Gasteiger charge is -2.18. The minimum Gasteiger partial charge on any atom is -0.464 e. The molecule has 23 heavy (non-hydrogen) atoms. The van der Waals surface area contributed by atoms with Crippen LogP contribution in [0.25, 0.3) is 0 Å². The minimum atomic E-state index is -0.561. The lowest BCUT2D eigenvalue weighted by molar-refractivity contribution is -0.0854. The fourth-order valence-electron chi connectivity index (χ4n) is 2.23. The third kappa shape index (κ3) is 5.43. The summed E-state index contributed by atoms with van der Waals surface area (Å²) in [5.74, 6) is 1.26. The third-order valence-electron chi connectivity index (χ3n) is 3.87. The van der Waals surface area contributed by atoms with Gasteiger partial charge in [0.2, 0.25) is 6.29 Å². The highest BCUT2D eigenvalue weighted by molar-refractivity contribution is 5.29. The Kier molecular flexibility index (Phi) is 6.65. The Morgan fingerprint density at radius 3 is 2.35 bits per heavy atom. The van der Waals surface area contributed by atoms with Gasteiger partial charge >= 0.3 is 0 Å². The Morgan fingerprint density at radius 1 is 1.04 bits per heavy atom. The molecule has 2 aromatic rings. The zero-order chi connectivity index (χ0) is 16.5. The van der Waals surface area contributed by atoms with E-state index in [1.54, 1.807) is 0 Å². The zero-order valence-electron chi connectivity index (χ0n) is 13.7. The van der Waals surface area contributed by atoms with Crippen molar-refractivity contribution in [2.24, 2.45) is 0 Å². The van der Waals surface area contributed by atoms with Gasteiger partial charge < -0.3 is 9.47 Å². The second-order valence-corrected chi connectivity index (χ2v) is 5.58. The molecule has 2 unspecified atom stereocenters. The van der Waals surface area contributed by atoms with E-state index in [0.29, 0.717) is 12.5 Å². The van der Waals surface area contributed by atoms with Crippen molar-refractivity contribution in [2.75, 3.05) is 0 Å². The molecule has 120 valence electrons. The smallest absolute Gasteiger partial charge is 0.213 e. The van der Waals surface area contributed by atoms with E-state index in [0.717, 1.165) is 17.7 Å². The third-order valence-corrected chi connectivity index (χ3v) is 3.87. The molecule has 0 aliphatic heterocycles. The normalized spacial score (nSPS) is 13.1. The number of nitrogens with zero attached hydrogens (tertiary/aromatic N) is 1. The SMILES string of the molecule is CCC(C)c1ccc(OC(CC#N)OCc2ccccc2)cc1. The highest BCUT2D eigenvalue weighted by atomic mass is 16.7. The van der Waals surface area contributed by atoms with Crippen molar-refractivity contribution >= 4 is 0 Å². The largest absolute Gasteiger partial charge is 0.464 e. The molecule has 0 N–H and O–H groups in total. The average Bonchev–Trinajstić information content (AvgIpc) is 2.61. The fourth-order valence-corrected chi connectivity index (χ4v) is 2.23. The van der Waals surface area contributed by atoms with Gasteiger partial charge in [0.05, 0.1) is 19.1 Å². The van der Waals surface area contributed by atoms with Crippen LogP contribution in [-0.4, -0.2) is 6.29 Å². The summed E-state index contributed by atoms with van der Waals surface area (Å²) in [5, 5.41) is 8.95. The Hall–Kier alpha value is -2.31. The first-order valence-electron chi connectivity index (χ1n) is 8.02. The first-order chi connectivity index (χ1) is 11.2. The molecule has 0 aliphatic carbocycles. The summed E-state index contributed by atoms with van der Waals surface area (Å²) < 4.78 is 11.5. The Labute approximate surface area is 138 Å². The van der Waals surface area contributed by atoms with Crippen LogP contribution in [-0.2, 0) is 11.3 Å². The second kappa shape index (κ2) is 8.97. The van der Waals surface area contributed by atoms with E-state index in [-0.39, 0.29) is 6.42 Å². The molecule has 3 heteroatoms. The van der Waals surface area contributed by atoms with Crippen LogP contribution in [0.4, 0.5) is 0 Å². The number of ether oxygens (including phenoxy) is 2. The van der Waals surface area contributed by atoms with Gasteiger partial charge in [-0.3, -0.25) is 0 Å². The van der Waals surface area contributed by atoms with Crippen LogP contribution in [0.5, 0.6) is 5.75 Å². The molecule has 0 bridgehead atoms. The van der Waals surface area contributed by atoms with Crippen LogP contribution in [0, 0.1) is 11.3 Å². The van der Waals surface area contributed by atoms with Crippen LogP contribution in [0.1, 0.15) is 43.7 Å². The molecule has 0 aliphatic rings. The van der Waals surface area contributed by atoms with Crippen LogP contribution in [0.3, 0.4) is 0 Å². The maximum atomic E-state index is 8.95. The molecule has 0 fully saturated rings. The molecule has 0 spiro atoms. The van der Waals surface area contributed by atoms with E-state index in [4.69, 9.17) is 14.7 Å². The highest BCUT2D eigenvalue weighted by Gasteiger charge is 2.11. The summed E-state index contributed by atoms with van der Waals surface area (Å²) >= 11 is 0. The van der Waals surface area contributed by atoms with E-state index < -0.39 is 6.29 Å². The van der Waals surface area contributed by atoms with Crippen molar-refractivity contribution < 1.29 is 9.47 Å². The van der Waals surface area contributed by atoms with Crippen molar-refractivity contribution in [3.05, 3.63) is 65.7 Å². The Balaban J connectivity index is 1.94. The molecule has 0 saturated carbocycles. The number of nitriles is 1. The standard InChI is InChI=1S/C20H23NO2/c1-3-16(2)18-9-11-19(12-10-18)23-20(13-14-21)22-15-17-7-5-4-6-8-17/h4-12,16,20H,3,13,15H2,1-2H3. The predicted molar refractivity (Wildman–Crippen MR) is 91.0 cm³/mol. The molecule has 2 aromatic carbocycles. The number of hydrogen-bond acceptors (Lipinski definition) is 3. The molecular weight excluding hydrogens is 286 g/mol. The maximum Gasteiger partial charge on any atom is 0.213 e. The van der Waals surface area contributed by atoms with Gasteiger partial charge in [0.15, 0.2) is 0 Å². The lowest BCUT2D eigenvalue weighted by Crippen LogP contribution is -2.20. The van der Waals surface area contributed by atoms with Crippen LogP contribution >= 0.6 is 0 Å². The molecule has 0 heterocycles. The summed E-state index contributed by atoms with van der Waals surface area (Å²) in [6.45, 7) is 4.81. The van der Waals surface area contributed by atoms with Gasteiger partial charge in [0, 0.05) is 0 Å². The van der Waals surface area contributed by atoms with Gasteiger partial charge in [-0.05, 0) is 35.6 Å². The van der Waals surface area contributed by atoms with Crippen LogP contribution in [0.15, 0.2) is 54.6 Å². The highest BCUT2D eigenvalue weighted by Crippen LogP contribution is 2.22. The quantitative estimate of drug-likeness (QED) is 0.642. The molecule has 3 nitrogen and oxygen atoms in total. The summed E-state index contributed by atoms with van der Waals surface area (Å²) in [4.78, 5) is 0. The van der Waals surface area contributed by atoms with Crippen LogP contribution in [0.2, 0.25) is 0 Å². The van der Waals surface area contributed by atoms with E-state index >= 15 is 0 Å². The zero-order valence-corrected chi connectivity index (χ0v) is 13.7. The monoisotopic (exact) mass is 309 g/mol. The van der Waals surface area contributed by atoms with E-state index in [9.17, 15) is 0 Å². The van der Waals surface area contributed by atoms with Crippen LogP contribution < -0.4 is 4.74 Å². The number of rotatable bonds is 8. The number of hydrogen-bond donors (Lipinski definition) is 0. The summed E-state index contributed by atoms with van der Waals surface area (Å²) in [6, 6.07) is 20.0. The van der Waals surface area contributed by atoms with Gasteiger partial charge in [-0.25, -0.2) is 0 Å². The maximum absolute atomic E-state index is 8.95. The minimum absolute atomic E-state index is 0.194. The predicted octanol–water partition coefficient (Wildman–Crippen LogP) is 5.04. The molecular formula is C20H23NO2. The molecule has 0 amide bonds. The molecule has 2 rings (SSSR count). The fraction of sp³-hybridized carbons (Fsp3) is 0.350. The second-order valence-electron chi connectivity index (χ2n) is 5.58. The Bertz CT molecular complexity index is 616. The summed E-state index contributed by atoms with van der Waals surface area (Å²) in [6.07, 6.45) is 0.742. The van der Waals surface area contributed by atoms with Gasteiger partial charge in [0.1, 0.15) is 5.75 Å². The van der Waals surface area contributed by atoms with E-state index in [1.165, 1.54) is 5.56 Å². The number of benzene rings is 2. The molecule has 0 radical (unpaired) electrons. The van der Waals surface area contributed by atoms with Gasteiger partial charge in [0.25, 0.3) is 0 Å².